The molecule has 6 rings (SSSR count). The molecule has 228 valence electrons. The van der Waals surface area contributed by atoms with Crippen LogP contribution in [0, 0.1) is 25.2 Å². The van der Waals surface area contributed by atoms with Crippen LogP contribution in [0.4, 0.5) is 5.95 Å². The smallest absolute Gasteiger partial charge is 0.264 e. The molecule has 43 heavy (non-hydrogen) atoms. The Morgan fingerprint density at radius 1 is 1.00 bits per heavy atom. The molecule has 8 nitrogen and oxygen atoms in total. The van der Waals surface area contributed by atoms with Gasteiger partial charge in [-0.05, 0) is 86.6 Å². The van der Waals surface area contributed by atoms with E-state index in [2.05, 4.69) is 28.5 Å². The Hall–Kier alpha value is -3.46. The third-order valence-electron chi connectivity index (χ3n) is 9.50. The molecular formula is C34H42N4O4S. The Morgan fingerprint density at radius 3 is 2.40 bits per heavy atom. The lowest BCUT2D eigenvalue weighted by Crippen LogP contribution is -2.58. The van der Waals surface area contributed by atoms with Crippen LogP contribution in [0.15, 0.2) is 53.4 Å². The highest BCUT2D eigenvalue weighted by molar-refractivity contribution is 7.92. The first-order chi connectivity index (χ1) is 20.5. The quantitative estimate of drug-likeness (QED) is 0.348. The number of ether oxygens (including phenoxy) is 1. The fourth-order valence-electron chi connectivity index (χ4n) is 7.48. The maximum atomic E-state index is 14.3. The van der Waals surface area contributed by atoms with E-state index >= 15 is 0 Å². The molecule has 0 saturated heterocycles. The Balaban J connectivity index is 1.45. The molecule has 2 fully saturated rings. The standard InChI is InChI=1S/C34H42N4O4S/c1-22(2)16-26-21-42-30-18-29(31-23(3)10-8-11-24(31)4)35-33(36-30)37-43(40,41)28-13-9-12-25(17-28)32(39)38(26)27-19-34(20-27)14-6-5-7-15-34/h8-13,17-18,22,26-27H,5-7,14-16,19-21H2,1-4H3,(H,35,36,37)/t26-/m1/s1. The number of hydrogen-bond acceptors (Lipinski definition) is 6. The van der Waals surface area contributed by atoms with Gasteiger partial charge in [-0.3, -0.25) is 4.79 Å². The number of hydrogen-bond donors (Lipinski definition) is 1. The van der Waals surface area contributed by atoms with Crippen LogP contribution < -0.4 is 9.46 Å². The summed E-state index contributed by atoms with van der Waals surface area (Å²) >= 11 is 0. The highest BCUT2D eigenvalue weighted by Crippen LogP contribution is 2.54. The number of sulfonamides is 1. The van der Waals surface area contributed by atoms with Gasteiger partial charge in [-0.2, -0.15) is 4.98 Å². The molecular weight excluding hydrogens is 560 g/mol. The molecule has 2 heterocycles. The molecule has 4 bridgehead atoms. The van der Waals surface area contributed by atoms with Gasteiger partial charge in [0, 0.05) is 23.2 Å². The lowest BCUT2D eigenvalue weighted by atomic mass is 9.58. The molecule has 1 spiro atoms. The molecule has 3 aliphatic rings. The maximum absolute atomic E-state index is 14.3. The van der Waals surface area contributed by atoms with Crippen LogP contribution in [0.3, 0.4) is 0 Å². The van der Waals surface area contributed by atoms with Crippen LogP contribution in [0.25, 0.3) is 11.3 Å². The monoisotopic (exact) mass is 602 g/mol. The lowest BCUT2D eigenvalue weighted by molar-refractivity contribution is -0.0401. The molecule has 2 aromatic carbocycles. The number of carbonyl (C=O) groups is 1. The van der Waals surface area contributed by atoms with Crippen molar-refractivity contribution in [2.24, 2.45) is 11.3 Å². The zero-order valence-corrected chi connectivity index (χ0v) is 26.4. The van der Waals surface area contributed by atoms with Crippen LogP contribution in [0.5, 0.6) is 5.88 Å². The van der Waals surface area contributed by atoms with Crippen molar-refractivity contribution < 1.29 is 17.9 Å². The third-order valence-corrected chi connectivity index (χ3v) is 10.8. The maximum Gasteiger partial charge on any atom is 0.264 e. The van der Waals surface area contributed by atoms with E-state index in [1.807, 2.05) is 36.9 Å². The van der Waals surface area contributed by atoms with Crippen molar-refractivity contribution >= 4 is 21.9 Å². The van der Waals surface area contributed by atoms with Crippen LogP contribution in [0.1, 0.15) is 86.7 Å². The van der Waals surface area contributed by atoms with Gasteiger partial charge in [0.25, 0.3) is 15.9 Å². The number of rotatable bonds is 4. The molecule has 2 aliphatic carbocycles. The second-order valence-electron chi connectivity index (χ2n) is 13.2. The minimum Gasteiger partial charge on any atom is -0.475 e. The zero-order valence-electron chi connectivity index (χ0n) is 25.6. The molecule has 3 aromatic rings. The summed E-state index contributed by atoms with van der Waals surface area (Å²) in [5, 5.41) is 0. The molecule has 1 N–H and O–H groups in total. The largest absolute Gasteiger partial charge is 0.475 e. The van der Waals surface area contributed by atoms with Gasteiger partial charge in [0.05, 0.1) is 16.6 Å². The van der Waals surface area contributed by atoms with Gasteiger partial charge in [-0.1, -0.05) is 57.4 Å². The average Bonchev–Trinajstić information content (AvgIpc) is 2.95. The summed E-state index contributed by atoms with van der Waals surface area (Å²) in [5.41, 5.74) is 4.20. The summed E-state index contributed by atoms with van der Waals surface area (Å²) in [5.74, 6) is 0.384. The molecule has 0 unspecified atom stereocenters. The predicted molar refractivity (Wildman–Crippen MR) is 168 cm³/mol. The minimum atomic E-state index is -4.09. The second kappa shape index (κ2) is 11.6. The zero-order chi connectivity index (χ0) is 30.4. The highest BCUT2D eigenvalue weighted by Gasteiger charge is 2.49. The number of nitrogens with one attached hydrogen (secondary N) is 1. The van der Waals surface area contributed by atoms with Crippen LogP contribution in [-0.4, -0.2) is 47.9 Å². The van der Waals surface area contributed by atoms with Gasteiger partial charge in [0.15, 0.2) is 0 Å². The summed E-state index contributed by atoms with van der Waals surface area (Å²) in [7, 11) is -4.09. The first kappa shape index (κ1) is 29.6. The SMILES string of the molecule is Cc1cccc(C)c1-c1cc2nc(n1)NS(=O)(=O)c1cccc(c1)C(=O)N(C1CC3(CCCCC3)C1)[C@H](CC(C)C)CO2. The van der Waals surface area contributed by atoms with E-state index in [1.165, 1.54) is 44.2 Å². The number of carbonyl (C=O) groups excluding carboxylic acids is 1. The van der Waals surface area contributed by atoms with Gasteiger partial charge >= 0.3 is 0 Å². The van der Waals surface area contributed by atoms with Crippen molar-refractivity contribution in [3.63, 3.8) is 0 Å². The topological polar surface area (TPSA) is 101 Å². The number of amides is 1. The van der Waals surface area contributed by atoms with Crippen LogP contribution in [0.2, 0.25) is 0 Å². The first-order valence-corrected chi connectivity index (χ1v) is 17.1. The first-order valence-electron chi connectivity index (χ1n) is 15.6. The van der Waals surface area contributed by atoms with E-state index < -0.39 is 10.0 Å². The Kier molecular flexibility index (Phi) is 7.96. The summed E-state index contributed by atoms with van der Waals surface area (Å²) in [4.78, 5) is 25.5. The lowest BCUT2D eigenvalue weighted by Gasteiger charge is -2.55. The number of benzene rings is 2. The van der Waals surface area contributed by atoms with Crippen molar-refractivity contribution in [3.05, 3.63) is 65.2 Å². The Bertz CT molecular complexity index is 1600. The van der Waals surface area contributed by atoms with Gasteiger partial charge in [-0.15, -0.1) is 0 Å². The van der Waals surface area contributed by atoms with Crippen LogP contribution >= 0.6 is 0 Å². The summed E-state index contributed by atoms with van der Waals surface area (Å²) in [6, 6.07) is 14.0. The van der Waals surface area contributed by atoms with E-state index in [9.17, 15) is 13.2 Å². The number of nitrogens with zero attached hydrogens (tertiary/aromatic N) is 3. The van der Waals surface area contributed by atoms with Crippen molar-refractivity contribution in [1.82, 2.24) is 14.9 Å². The van der Waals surface area contributed by atoms with Gasteiger partial charge < -0.3 is 9.64 Å². The van der Waals surface area contributed by atoms with Gasteiger partial charge in [0.1, 0.15) is 6.61 Å². The van der Waals surface area contributed by atoms with Crippen molar-refractivity contribution in [3.8, 4) is 17.1 Å². The summed E-state index contributed by atoms with van der Waals surface area (Å²) in [6.07, 6.45) is 8.98. The third kappa shape index (κ3) is 6.01. The molecule has 0 radical (unpaired) electrons. The molecule has 1 atom stereocenters. The minimum absolute atomic E-state index is 0.00106. The van der Waals surface area contributed by atoms with Crippen molar-refractivity contribution in [1.29, 1.82) is 0 Å². The number of anilines is 1. The Morgan fingerprint density at radius 2 is 1.70 bits per heavy atom. The molecule has 1 aliphatic heterocycles. The number of aryl methyl sites for hydroxylation is 2. The van der Waals surface area contributed by atoms with E-state index in [0.717, 1.165) is 36.0 Å². The normalized spacial score (nSPS) is 21.7. The molecule has 9 heteroatoms. The fraction of sp³-hybridized carbons (Fsp3) is 0.500. The molecule has 1 amide bonds. The fourth-order valence-corrected chi connectivity index (χ4v) is 8.47. The van der Waals surface area contributed by atoms with E-state index in [0.29, 0.717) is 22.6 Å². The van der Waals surface area contributed by atoms with Crippen molar-refractivity contribution in [2.45, 2.75) is 96.0 Å². The number of fused-ring (bicyclic) bond motifs is 4. The number of aromatic nitrogens is 2. The predicted octanol–water partition coefficient (Wildman–Crippen LogP) is 6.92. The summed E-state index contributed by atoms with van der Waals surface area (Å²) < 4.78 is 36.1. The molecule has 2 saturated carbocycles. The van der Waals surface area contributed by atoms with E-state index in [4.69, 9.17) is 4.74 Å². The highest BCUT2D eigenvalue weighted by atomic mass is 32.2. The van der Waals surface area contributed by atoms with E-state index in [1.54, 1.807) is 18.2 Å². The average molecular weight is 603 g/mol. The van der Waals surface area contributed by atoms with Gasteiger partial charge in [-0.25, -0.2) is 18.1 Å². The van der Waals surface area contributed by atoms with Gasteiger partial charge in [0.2, 0.25) is 11.8 Å². The van der Waals surface area contributed by atoms with E-state index in [-0.39, 0.29) is 41.3 Å². The summed E-state index contributed by atoms with van der Waals surface area (Å²) in [6.45, 7) is 8.58. The van der Waals surface area contributed by atoms with Crippen molar-refractivity contribution in [2.75, 3.05) is 11.3 Å². The Labute approximate surface area is 255 Å². The van der Waals surface area contributed by atoms with Crippen LogP contribution in [-0.2, 0) is 10.0 Å². The second-order valence-corrected chi connectivity index (χ2v) is 14.9. The molecule has 1 aromatic heterocycles.